The molecule has 7 heavy (non-hydrogen) atoms. The molecule has 0 radical (unpaired) electrons. The van der Waals surface area contributed by atoms with Crippen molar-refractivity contribution in [1.29, 1.82) is 5.53 Å². The Morgan fingerprint density at radius 2 is 2.43 bits per heavy atom. The van der Waals surface area contributed by atoms with Crippen LogP contribution in [0.4, 0.5) is 4.79 Å². The number of hydrogen-bond donors (Lipinski definition) is 2. The Labute approximate surface area is 39.2 Å². The van der Waals surface area contributed by atoms with Crippen molar-refractivity contribution in [2.75, 3.05) is 0 Å². The summed E-state index contributed by atoms with van der Waals surface area (Å²) in [4.78, 5) is 12.1. The Kier molecular flexibility index (Phi) is 2.42. The van der Waals surface area contributed by atoms with E-state index in [-0.39, 0.29) is 0 Å². The summed E-state index contributed by atoms with van der Waals surface area (Å²) < 4.78 is 0. The largest absolute Gasteiger partial charge is 0.463 e. The Bertz CT molecular complexity index is 108. The van der Waals surface area contributed by atoms with E-state index in [2.05, 4.69) is 10.1 Å². The topological polar surface area (TPSA) is 85.9 Å². The maximum absolute atomic E-state index is 9.42. The number of carbonyl (C=O) groups is 1. The first kappa shape index (κ1) is 5.74. The average molecular weight is 101 g/mol. The predicted molar refractivity (Wildman–Crippen MR) is 21.7 cm³/mol. The minimum absolute atomic E-state index is 0.641. The Morgan fingerprint density at radius 3 is 2.57 bits per heavy atom. The van der Waals surface area contributed by atoms with E-state index in [0.717, 1.165) is 0 Å². The first-order chi connectivity index (χ1) is 3.27. The standard InChI is InChI=1S/C2H3N3O2/c3-5-1-4-2(6)7/h1,3H,(H,6,7). The molecule has 0 heterocycles. The Morgan fingerprint density at radius 1 is 1.86 bits per heavy atom. The fourth-order valence-electron chi connectivity index (χ4n) is 0.0783. The Balaban J connectivity index is 3.46. The molecule has 0 aromatic heterocycles. The van der Waals surface area contributed by atoms with Crippen LogP contribution in [0.1, 0.15) is 0 Å². The van der Waals surface area contributed by atoms with Gasteiger partial charge in [-0.2, -0.15) is 4.99 Å². The fourth-order valence-corrected chi connectivity index (χ4v) is 0.0783. The molecule has 0 rings (SSSR count). The van der Waals surface area contributed by atoms with E-state index in [4.69, 9.17) is 10.6 Å². The molecule has 1 amide bonds. The van der Waals surface area contributed by atoms with Crippen LogP contribution in [-0.2, 0) is 0 Å². The third-order valence-corrected chi connectivity index (χ3v) is 0.226. The molecule has 0 aliphatic rings. The summed E-state index contributed by atoms with van der Waals surface area (Å²) in [6, 6.07) is 0. The molecule has 0 aliphatic heterocycles. The Hall–Kier alpha value is -1.26. The molecule has 0 aromatic carbocycles. The van der Waals surface area contributed by atoms with E-state index in [1.807, 2.05) is 0 Å². The number of rotatable bonds is 1. The van der Waals surface area contributed by atoms with Crippen LogP contribution in [0.5, 0.6) is 0 Å². The second-order valence-electron chi connectivity index (χ2n) is 0.656. The highest BCUT2D eigenvalue weighted by molar-refractivity contribution is 5.76. The lowest BCUT2D eigenvalue weighted by Gasteiger charge is -1.69. The molecular weight excluding hydrogens is 98.0 g/mol. The van der Waals surface area contributed by atoms with Crippen LogP contribution in [0, 0.1) is 5.53 Å². The van der Waals surface area contributed by atoms with Crippen LogP contribution in [0.3, 0.4) is 0 Å². The van der Waals surface area contributed by atoms with Crippen molar-refractivity contribution in [2.45, 2.75) is 0 Å². The van der Waals surface area contributed by atoms with Gasteiger partial charge in [-0.1, -0.05) is 0 Å². The highest BCUT2D eigenvalue weighted by Gasteiger charge is 1.80. The van der Waals surface area contributed by atoms with Gasteiger partial charge in [0.1, 0.15) is 6.34 Å². The van der Waals surface area contributed by atoms with Crippen molar-refractivity contribution in [1.82, 2.24) is 0 Å². The summed E-state index contributed by atoms with van der Waals surface area (Å²) in [5.41, 5.74) is 6.01. The van der Waals surface area contributed by atoms with E-state index in [1.54, 1.807) is 0 Å². The summed E-state index contributed by atoms with van der Waals surface area (Å²) >= 11 is 0. The van der Waals surface area contributed by atoms with Gasteiger partial charge in [-0.15, -0.1) is 5.11 Å². The lowest BCUT2D eigenvalue weighted by atomic mass is 11.2. The molecule has 0 spiro atoms. The quantitative estimate of drug-likeness (QED) is 0.289. The van der Waals surface area contributed by atoms with Gasteiger partial charge in [-0.25, -0.2) is 10.3 Å². The minimum Gasteiger partial charge on any atom is -0.463 e. The number of nitrogens with one attached hydrogen (secondary N) is 1. The van der Waals surface area contributed by atoms with Crippen molar-refractivity contribution in [2.24, 2.45) is 10.1 Å². The van der Waals surface area contributed by atoms with Crippen LogP contribution in [0.15, 0.2) is 10.1 Å². The van der Waals surface area contributed by atoms with Gasteiger partial charge in [-0.3, -0.25) is 0 Å². The third kappa shape index (κ3) is 4.74. The van der Waals surface area contributed by atoms with E-state index >= 15 is 0 Å². The van der Waals surface area contributed by atoms with Crippen molar-refractivity contribution < 1.29 is 9.90 Å². The van der Waals surface area contributed by atoms with Crippen LogP contribution < -0.4 is 0 Å². The van der Waals surface area contributed by atoms with Gasteiger partial charge >= 0.3 is 6.09 Å². The summed E-state index contributed by atoms with van der Waals surface area (Å²) in [7, 11) is 0. The van der Waals surface area contributed by atoms with Crippen LogP contribution in [0.2, 0.25) is 0 Å². The van der Waals surface area contributed by atoms with Crippen LogP contribution >= 0.6 is 0 Å². The van der Waals surface area contributed by atoms with Gasteiger partial charge in [0, 0.05) is 0 Å². The van der Waals surface area contributed by atoms with Crippen LogP contribution in [-0.4, -0.2) is 17.5 Å². The average Bonchev–Trinajstić information content (AvgIpc) is 1.61. The van der Waals surface area contributed by atoms with Crippen molar-refractivity contribution >= 4 is 12.4 Å². The van der Waals surface area contributed by atoms with E-state index in [0.29, 0.717) is 6.34 Å². The van der Waals surface area contributed by atoms with E-state index in [1.165, 1.54) is 0 Å². The maximum Gasteiger partial charge on any atom is 0.432 e. The zero-order valence-corrected chi connectivity index (χ0v) is 3.33. The molecular formula is C2H3N3O2. The van der Waals surface area contributed by atoms with Crippen molar-refractivity contribution in [3.63, 3.8) is 0 Å². The lowest BCUT2D eigenvalue weighted by molar-refractivity contribution is 0.206. The fraction of sp³-hybridized carbons (Fsp3) is 0. The van der Waals surface area contributed by atoms with Gasteiger partial charge in [0.15, 0.2) is 0 Å². The highest BCUT2D eigenvalue weighted by atomic mass is 16.4. The second-order valence-corrected chi connectivity index (χ2v) is 0.656. The molecule has 5 heteroatoms. The summed E-state index contributed by atoms with van der Waals surface area (Å²) in [5, 5.41) is 10.3. The minimum atomic E-state index is -1.34. The highest BCUT2D eigenvalue weighted by Crippen LogP contribution is 1.66. The molecule has 5 nitrogen and oxygen atoms in total. The third-order valence-electron chi connectivity index (χ3n) is 0.226. The molecule has 38 valence electrons. The summed E-state index contributed by atoms with van der Waals surface area (Å²) in [6.07, 6.45) is -0.696. The summed E-state index contributed by atoms with van der Waals surface area (Å²) in [5.74, 6) is 0. The predicted octanol–water partition coefficient (Wildman–Crippen LogP) is 0.724. The first-order valence-corrected chi connectivity index (χ1v) is 1.39. The van der Waals surface area contributed by atoms with Gasteiger partial charge in [0.05, 0.1) is 0 Å². The number of amides is 1. The molecule has 0 aromatic rings. The lowest BCUT2D eigenvalue weighted by Crippen LogP contribution is -1.82. The van der Waals surface area contributed by atoms with Gasteiger partial charge in [0.2, 0.25) is 0 Å². The second kappa shape index (κ2) is 2.95. The van der Waals surface area contributed by atoms with Crippen molar-refractivity contribution in [3.8, 4) is 0 Å². The van der Waals surface area contributed by atoms with Gasteiger partial charge in [-0.05, 0) is 0 Å². The number of carboxylic acid groups (broad SMARTS) is 1. The molecule has 0 saturated carbocycles. The van der Waals surface area contributed by atoms with Gasteiger partial charge in [0.25, 0.3) is 0 Å². The molecule has 2 N–H and O–H groups in total. The van der Waals surface area contributed by atoms with Gasteiger partial charge < -0.3 is 5.11 Å². The SMILES string of the molecule is N=NC=NC(=O)O. The molecule has 0 atom stereocenters. The zero-order valence-electron chi connectivity index (χ0n) is 3.33. The van der Waals surface area contributed by atoms with E-state index in [9.17, 15) is 4.79 Å². The molecule has 0 aliphatic carbocycles. The first-order valence-electron chi connectivity index (χ1n) is 1.39. The normalized spacial score (nSPS) is 9.14. The maximum atomic E-state index is 9.42. The molecule has 0 bridgehead atoms. The van der Waals surface area contributed by atoms with Crippen LogP contribution in [0.25, 0.3) is 0 Å². The molecule has 0 unspecified atom stereocenters. The molecule has 0 fully saturated rings. The number of aliphatic imine (C=N–C) groups is 1. The number of hydrogen-bond acceptors (Lipinski definition) is 2. The number of nitrogens with zero attached hydrogens (tertiary/aromatic N) is 2. The zero-order chi connectivity index (χ0) is 5.70. The summed E-state index contributed by atoms with van der Waals surface area (Å²) in [6.45, 7) is 0. The monoisotopic (exact) mass is 101 g/mol. The van der Waals surface area contributed by atoms with E-state index < -0.39 is 6.09 Å². The molecule has 0 saturated heterocycles. The smallest absolute Gasteiger partial charge is 0.432 e. The van der Waals surface area contributed by atoms with Crippen molar-refractivity contribution in [3.05, 3.63) is 0 Å².